The number of Topliss-reactive ketones (excluding diaryl/α,β-unsaturated/α-hetero) is 1. The molecule has 1 aromatic carbocycles. The van der Waals surface area contributed by atoms with E-state index < -0.39 is 0 Å². The highest BCUT2D eigenvalue weighted by Crippen LogP contribution is 2.46. The second-order valence-electron chi connectivity index (χ2n) is 5.89. The van der Waals surface area contributed by atoms with E-state index in [9.17, 15) is 4.79 Å². The zero-order valence-electron chi connectivity index (χ0n) is 11.2. The summed E-state index contributed by atoms with van der Waals surface area (Å²) in [5.41, 5.74) is 0.556. The highest BCUT2D eigenvalue weighted by molar-refractivity contribution is 6.34. The first-order chi connectivity index (χ1) is 8.55. The fourth-order valence-electron chi connectivity index (χ4n) is 3.29. The first-order valence-electron chi connectivity index (χ1n) is 6.84. The van der Waals surface area contributed by atoms with Crippen LogP contribution in [-0.2, 0) is 0 Å². The third kappa shape index (κ3) is 2.61. The van der Waals surface area contributed by atoms with Crippen LogP contribution >= 0.6 is 11.6 Å². The molecule has 2 rings (SSSR count). The van der Waals surface area contributed by atoms with Gasteiger partial charge in [0.05, 0.1) is 5.02 Å². The molecule has 0 aromatic heterocycles. The van der Waals surface area contributed by atoms with Gasteiger partial charge >= 0.3 is 0 Å². The van der Waals surface area contributed by atoms with Gasteiger partial charge in [0.1, 0.15) is 0 Å². The summed E-state index contributed by atoms with van der Waals surface area (Å²) in [7, 11) is 0. The molecule has 1 aliphatic rings. The van der Waals surface area contributed by atoms with Crippen molar-refractivity contribution in [2.75, 3.05) is 0 Å². The van der Waals surface area contributed by atoms with Gasteiger partial charge in [-0.2, -0.15) is 0 Å². The van der Waals surface area contributed by atoms with E-state index in [1.54, 1.807) is 0 Å². The molecule has 0 heterocycles. The van der Waals surface area contributed by atoms with E-state index in [1.165, 1.54) is 12.8 Å². The van der Waals surface area contributed by atoms with Gasteiger partial charge in [0.25, 0.3) is 0 Å². The summed E-state index contributed by atoms with van der Waals surface area (Å²) >= 11 is 6.18. The molecule has 0 unspecified atom stereocenters. The molecule has 0 spiro atoms. The number of rotatable bonds is 4. The normalized spacial score (nSPS) is 18.2. The molecular weight excluding hydrogens is 244 g/mol. The van der Waals surface area contributed by atoms with Crippen molar-refractivity contribution in [1.29, 1.82) is 0 Å². The van der Waals surface area contributed by atoms with E-state index in [0.717, 1.165) is 19.3 Å². The van der Waals surface area contributed by atoms with Gasteiger partial charge in [-0.05, 0) is 37.3 Å². The van der Waals surface area contributed by atoms with Crippen LogP contribution in [0.4, 0.5) is 0 Å². The van der Waals surface area contributed by atoms with Crippen molar-refractivity contribution in [1.82, 2.24) is 0 Å². The molecule has 1 aliphatic carbocycles. The summed E-state index contributed by atoms with van der Waals surface area (Å²) < 4.78 is 0. The molecule has 0 atom stereocenters. The van der Waals surface area contributed by atoms with Crippen molar-refractivity contribution in [2.24, 2.45) is 11.3 Å². The second-order valence-corrected chi connectivity index (χ2v) is 6.30. The zero-order valence-corrected chi connectivity index (χ0v) is 12.0. The molecule has 0 N–H and O–H groups in total. The van der Waals surface area contributed by atoms with Gasteiger partial charge in [-0.1, -0.05) is 50.4 Å². The standard InChI is InChI=1S/C16H21ClO/c1-12(2)11-16(9-5-6-10-16)15(18)13-7-3-4-8-14(13)17/h3-4,7-8,12H,5-6,9-11H2,1-2H3. The van der Waals surface area contributed by atoms with E-state index in [4.69, 9.17) is 11.6 Å². The Morgan fingerprint density at radius 1 is 1.28 bits per heavy atom. The van der Waals surface area contributed by atoms with Crippen molar-refractivity contribution in [2.45, 2.75) is 46.0 Å². The summed E-state index contributed by atoms with van der Waals surface area (Å²) in [4.78, 5) is 12.8. The van der Waals surface area contributed by atoms with E-state index in [1.807, 2.05) is 24.3 Å². The molecule has 0 bridgehead atoms. The highest BCUT2D eigenvalue weighted by atomic mass is 35.5. The summed E-state index contributed by atoms with van der Waals surface area (Å²) in [6.07, 6.45) is 5.37. The molecule has 98 valence electrons. The number of halogens is 1. The largest absolute Gasteiger partial charge is 0.294 e. The average molecular weight is 265 g/mol. The van der Waals surface area contributed by atoms with E-state index in [0.29, 0.717) is 16.5 Å². The Hall–Kier alpha value is -0.820. The molecule has 1 nitrogen and oxygen atoms in total. The van der Waals surface area contributed by atoms with Gasteiger partial charge in [-0.25, -0.2) is 0 Å². The number of hydrogen-bond donors (Lipinski definition) is 0. The number of carbonyl (C=O) groups excluding carboxylic acids is 1. The Bertz CT molecular complexity index is 430. The van der Waals surface area contributed by atoms with Crippen molar-refractivity contribution >= 4 is 17.4 Å². The predicted molar refractivity (Wildman–Crippen MR) is 76.1 cm³/mol. The van der Waals surface area contributed by atoms with E-state index in [2.05, 4.69) is 13.8 Å². The van der Waals surface area contributed by atoms with Crippen LogP contribution in [0, 0.1) is 11.3 Å². The van der Waals surface area contributed by atoms with Gasteiger partial charge in [0, 0.05) is 11.0 Å². The average Bonchev–Trinajstić information content (AvgIpc) is 2.77. The van der Waals surface area contributed by atoms with Crippen LogP contribution in [0.15, 0.2) is 24.3 Å². The molecule has 0 radical (unpaired) electrons. The van der Waals surface area contributed by atoms with Gasteiger partial charge in [0.15, 0.2) is 5.78 Å². The van der Waals surface area contributed by atoms with E-state index in [-0.39, 0.29) is 11.2 Å². The van der Waals surface area contributed by atoms with Gasteiger partial charge in [-0.3, -0.25) is 4.79 Å². The molecule has 0 saturated heterocycles. The molecular formula is C16H21ClO. The van der Waals surface area contributed by atoms with Crippen LogP contribution in [0.25, 0.3) is 0 Å². The van der Waals surface area contributed by atoms with Crippen LogP contribution in [0.1, 0.15) is 56.3 Å². The quantitative estimate of drug-likeness (QED) is 0.689. The van der Waals surface area contributed by atoms with Gasteiger partial charge < -0.3 is 0 Å². The Kier molecular flexibility index (Phi) is 4.11. The SMILES string of the molecule is CC(C)CC1(C(=O)c2ccccc2Cl)CCCC1. The molecule has 1 fully saturated rings. The third-order valence-electron chi connectivity index (χ3n) is 3.96. The van der Waals surface area contributed by atoms with Crippen LogP contribution < -0.4 is 0 Å². The minimum absolute atomic E-state index is 0.154. The number of benzene rings is 1. The summed E-state index contributed by atoms with van der Waals surface area (Å²) in [6.45, 7) is 4.39. The van der Waals surface area contributed by atoms with Crippen molar-refractivity contribution < 1.29 is 4.79 Å². The Morgan fingerprint density at radius 2 is 1.89 bits per heavy atom. The second kappa shape index (κ2) is 5.44. The molecule has 0 aliphatic heterocycles. The fraction of sp³-hybridized carbons (Fsp3) is 0.562. The van der Waals surface area contributed by atoms with Crippen LogP contribution in [0.2, 0.25) is 5.02 Å². The van der Waals surface area contributed by atoms with Crippen molar-refractivity contribution in [3.8, 4) is 0 Å². The van der Waals surface area contributed by atoms with Crippen LogP contribution in [-0.4, -0.2) is 5.78 Å². The van der Waals surface area contributed by atoms with Gasteiger partial charge in [-0.15, -0.1) is 0 Å². The third-order valence-corrected chi connectivity index (χ3v) is 4.29. The highest BCUT2D eigenvalue weighted by Gasteiger charge is 2.42. The molecule has 18 heavy (non-hydrogen) atoms. The lowest BCUT2D eigenvalue weighted by Gasteiger charge is -2.29. The number of hydrogen-bond acceptors (Lipinski definition) is 1. The summed E-state index contributed by atoms with van der Waals surface area (Å²) in [5, 5.41) is 0.595. The maximum absolute atomic E-state index is 12.8. The lowest BCUT2D eigenvalue weighted by Crippen LogP contribution is -2.30. The Labute approximate surface area is 115 Å². The summed E-state index contributed by atoms with van der Waals surface area (Å²) in [5.74, 6) is 0.814. The zero-order chi connectivity index (χ0) is 13.2. The van der Waals surface area contributed by atoms with Crippen LogP contribution in [0.5, 0.6) is 0 Å². The Balaban J connectivity index is 2.32. The molecule has 1 saturated carbocycles. The summed E-state index contributed by atoms with van der Waals surface area (Å²) in [6, 6.07) is 7.46. The molecule has 0 amide bonds. The number of ketones is 1. The van der Waals surface area contributed by atoms with Crippen molar-refractivity contribution in [3.63, 3.8) is 0 Å². The van der Waals surface area contributed by atoms with Crippen molar-refractivity contribution in [3.05, 3.63) is 34.9 Å². The lowest BCUT2D eigenvalue weighted by molar-refractivity contribution is 0.0760. The topological polar surface area (TPSA) is 17.1 Å². The maximum atomic E-state index is 12.8. The van der Waals surface area contributed by atoms with E-state index >= 15 is 0 Å². The minimum atomic E-state index is -0.154. The first-order valence-corrected chi connectivity index (χ1v) is 7.22. The Morgan fingerprint density at radius 3 is 2.44 bits per heavy atom. The maximum Gasteiger partial charge on any atom is 0.170 e. The minimum Gasteiger partial charge on any atom is -0.294 e. The molecule has 2 heteroatoms. The monoisotopic (exact) mass is 264 g/mol. The predicted octanol–water partition coefficient (Wildman–Crippen LogP) is 5.13. The first kappa shape index (κ1) is 13.6. The molecule has 1 aromatic rings. The number of carbonyl (C=O) groups is 1. The fourth-order valence-corrected chi connectivity index (χ4v) is 3.51. The smallest absolute Gasteiger partial charge is 0.170 e. The van der Waals surface area contributed by atoms with Gasteiger partial charge in [0.2, 0.25) is 0 Å². The van der Waals surface area contributed by atoms with Crippen LogP contribution in [0.3, 0.4) is 0 Å². The lowest BCUT2D eigenvalue weighted by atomic mass is 9.73.